The topological polar surface area (TPSA) is 77.7 Å². The van der Waals surface area contributed by atoms with Crippen LogP contribution in [0.5, 0.6) is 11.5 Å². The van der Waals surface area contributed by atoms with Crippen molar-refractivity contribution in [3.8, 4) is 22.9 Å². The molecule has 3 aromatic rings. The van der Waals surface area contributed by atoms with E-state index >= 15 is 0 Å². The van der Waals surface area contributed by atoms with Crippen molar-refractivity contribution >= 4 is 11.6 Å². The van der Waals surface area contributed by atoms with Crippen molar-refractivity contribution in [3.05, 3.63) is 53.9 Å². The van der Waals surface area contributed by atoms with Crippen LogP contribution in [0.1, 0.15) is 23.8 Å². The highest BCUT2D eigenvalue weighted by Gasteiger charge is 2.36. The number of nitrogens with zero attached hydrogens (tertiary/aromatic N) is 3. The number of carbonyl (C=O) groups excluding carboxylic acids is 1. The quantitative estimate of drug-likeness (QED) is 0.674. The number of aromatic nitrogens is 2. The van der Waals surface area contributed by atoms with Crippen LogP contribution in [-0.4, -0.2) is 36.8 Å². The Labute approximate surface area is 162 Å². The van der Waals surface area contributed by atoms with Crippen molar-refractivity contribution in [1.82, 2.24) is 10.1 Å². The van der Waals surface area contributed by atoms with Gasteiger partial charge in [0.05, 0.1) is 25.8 Å². The Balaban J connectivity index is 1.56. The first-order valence-electron chi connectivity index (χ1n) is 9.02. The Hall–Kier alpha value is -3.35. The lowest BCUT2D eigenvalue weighted by atomic mass is 10.1. The zero-order valence-electron chi connectivity index (χ0n) is 16.0. The second-order valence-electron chi connectivity index (χ2n) is 6.77. The molecule has 0 aliphatic carbocycles. The van der Waals surface area contributed by atoms with Crippen LogP contribution < -0.4 is 14.4 Å². The lowest BCUT2D eigenvalue weighted by molar-refractivity contribution is -0.117. The number of hydrogen-bond donors (Lipinski definition) is 0. The van der Waals surface area contributed by atoms with E-state index in [1.165, 1.54) is 0 Å². The van der Waals surface area contributed by atoms with E-state index in [2.05, 4.69) is 10.1 Å². The summed E-state index contributed by atoms with van der Waals surface area (Å²) in [4.78, 5) is 18.9. The lowest BCUT2D eigenvalue weighted by Gasteiger charge is -2.19. The molecular weight excluding hydrogens is 358 g/mol. The predicted molar refractivity (Wildman–Crippen MR) is 104 cm³/mol. The normalized spacial score (nSPS) is 16.5. The molecule has 1 aliphatic rings. The summed E-state index contributed by atoms with van der Waals surface area (Å²) in [6, 6.07) is 13.3. The molecule has 1 amide bonds. The standard InChI is InChI=1S/C21H21N3O4/c1-13-4-6-14(7-5-13)20-22-21(28-23-20)15-10-19(25)24(12-15)17-9-8-16(26-2)11-18(17)27-3/h4-9,11,15H,10,12H2,1-3H3. The number of aryl methyl sites for hydroxylation is 1. The van der Waals surface area contributed by atoms with Crippen molar-refractivity contribution in [2.24, 2.45) is 0 Å². The van der Waals surface area contributed by atoms with Crippen LogP contribution in [-0.2, 0) is 4.79 Å². The van der Waals surface area contributed by atoms with Crippen molar-refractivity contribution < 1.29 is 18.8 Å². The van der Waals surface area contributed by atoms with Crippen LogP contribution >= 0.6 is 0 Å². The largest absolute Gasteiger partial charge is 0.497 e. The van der Waals surface area contributed by atoms with Crippen molar-refractivity contribution in [2.45, 2.75) is 19.3 Å². The molecule has 7 nitrogen and oxygen atoms in total. The van der Waals surface area contributed by atoms with Gasteiger partial charge in [-0.05, 0) is 19.1 Å². The van der Waals surface area contributed by atoms with Gasteiger partial charge in [0.2, 0.25) is 17.6 Å². The molecular formula is C21H21N3O4. The fourth-order valence-corrected chi connectivity index (χ4v) is 3.33. The highest BCUT2D eigenvalue weighted by Crippen LogP contribution is 2.38. The molecule has 4 rings (SSSR count). The Morgan fingerprint density at radius 2 is 1.89 bits per heavy atom. The number of rotatable bonds is 5. The van der Waals surface area contributed by atoms with E-state index in [4.69, 9.17) is 14.0 Å². The summed E-state index contributed by atoms with van der Waals surface area (Å²) >= 11 is 0. The van der Waals surface area contributed by atoms with Crippen LogP contribution in [0.2, 0.25) is 0 Å². The van der Waals surface area contributed by atoms with Gasteiger partial charge >= 0.3 is 0 Å². The Kier molecular flexibility index (Phi) is 4.73. The summed E-state index contributed by atoms with van der Waals surface area (Å²) in [6.45, 7) is 2.48. The molecule has 1 aromatic heterocycles. The summed E-state index contributed by atoms with van der Waals surface area (Å²) in [5.74, 6) is 2.08. The minimum atomic E-state index is -0.161. The lowest BCUT2D eigenvalue weighted by Crippen LogP contribution is -2.24. The third-order valence-corrected chi connectivity index (χ3v) is 4.90. The summed E-state index contributed by atoms with van der Waals surface area (Å²) < 4.78 is 16.1. The maximum absolute atomic E-state index is 12.6. The zero-order valence-corrected chi connectivity index (χ0v) is 16.0. The fourth-order valence-electron chi connectivity index (χ4n) is 3.33. The molecule has 1 fully saturated rings. The van der Waals surface area contributed by atoms with Gasteiger partial charge in [-0.3, -0.25) is 4.79 Å². The molecule has 28 heavy (non-hydrogen) atoms. The number of amides is 1. The maximum atomic E-state index is 12.6. The van der Waals surface area contributed by atoms with Crippen LogP contribution in [0.4, 0.5) is 5.69 Å². The average molecular weight is 379 g/mol. The Morgan fingerprint density at radius 1 is 1.11 bits per heavy atom. The molecule has 7 heteroatoms. The third-order valence-electron chi connectivity index (χ3n) is 4.90. The number of benzene rings is 2. The molecule has 2 aromatic carbocycles. The van der Waals surface area contributed by atoms with Crippen molar-refractivity contribution in [3.63, 3.8) is 0 Å². The Bertz CT molecular complexity index is 997. The summed E-state index contributed by atoms with van der Waals surface area (Å²) in [6.07, 6.45) is 0.310. The predicted octanol–water partition coefficient (Wildman–Crippen LogP) is 3.58. The molecule has 0 N–H and O–H groups in total. The number of ether oxygens (including phenoxy) is 2. The fraction of sp³-hybridized carbons (Fsp3) is 0.286. The van der Waals surface area contributed by atoms with E-state index in [9.17, 15) is 4.79 Å². The molecule has 0 radical (unpaired) electrons. The van der Waals surface area contributed by atoms with E-state index in [0.29, 0.717) is 41.9 Å². The number of methoxy groups -OCH3 is 2. The molecule has 1 aliphatic heterocycles. The SMILES string of the molecule is COc1ccc(N2CC(c3nc(-c4ccc(C)cc4)no3)CC2=O)c(OC)c1. The van der Waals surface area contributed by atoms with Crippen LogP contribution in [0, 0.1) is 6.92 Å². The van der Waals surface area contributed by atoms with Crippen molar-refractivity contribution in [2.75, 3.05) is 25.7 Å². The smallest absolute Gasteiger partial charge is 0.232 e. The molecule has 2 heterocycles. The van der Waals surface area contributed by atoms with E-state index in [1.54, 1.807) is 31.3 Å². The number of anilines is 1. The molecule has 1 saturated heterocycles. The van der Waals surface area contributed by atoms with Gasteiger partial charge in [0.1, 0.15) is 11.5 Å². The first-order valence-corrected chi connectivity index (χ1v) is 9.02. The van der Waals surface area contributed by atoms with Gasteiger partial charge in [0.25, 0.3) is 0 Å². The van der Waals surface area contributed by atoms with Gasteiger partial charge in [-0.1, -0.05) is 35.0 Å². The van der Waals surface area contributed by atoms with Crippen LogP contribution in [0.3, 0.4) is 0 Å². The Morgan fingerprint density at radius 3 is 2.61 bits per heavy atom. The maximum Gasteiger partial charge on any atom is 0.232 e. The highest BCUT2D eigenvalue weighted by atomic mass is 16.5. The van der Waals surface area contributed by atoms with Gasteiger partial charge in [-0.15, -0.1) is 0 Å². The van der Waals surface area contributed by atoms with E-state index in [-0.39, 0.29) is 11.8 Å². The first-order chi connectivity index (χ1) is 13.6. The van der Waals surface area contributed by atoms with Gasteiger partial charge in [-0.25, -0.2) is 0 Å². The molecule has 0 spiro atoms. The minimum absolute atomic E-state index is 0.0106. The van der Waals surface area contributed by atoms with Gasteiger partial charge in [0.15, 0.2) is 0 Å². The molecule has 1 atom stereocenters. The monoisotopic (exact) mass is 379 g/mol. The van der Waals surface area contributed by atoms with Gasteiger partial charge < -0.3 is 18.9 Å². The zero-order chi connectivity index (χ0) is 19.7. The minimum Gasteiger partial charge on any atom is -0.497 e. The third kappa shape index (κ3) is 3.31. The van der Waals surface area contributed by atoms with E-state index in [0.717, 1.165) is 11.1 Å². The highest BCUT2D eigenvalue weighted by molar-refractivity contribution is 5.97. The second kappa shape index (κ2) is 7.34. The summed E-state index contributed by atoms with van der Waals surface area (Å²) in [5.41, 5.74) is 2.76. The van der Waals surface area contributed by atoms with Gasteiger partial charge in [0, 0.05) is 24.6 Å². The van der Waals surface area contributed by atoms with Crippen LogP contribution in [0.25, 0.3) is 11.4 Å². The summed E-state index contributed by atoms with van der Waals surface area (Å²) in [5, 5.41) is 4.08. The molecule has 144 valence electrons. The molecule has 1 unspecified atom stereocenters. The second-order valence-corrected chi connectivity index (χ2v) is 6.77. The van der Waals surface area contributed by atoms with E-state index in [1.807, 2.05) is 37.3 Å². The van der Waals surface area contributed by atoms with E-state index < -0.39 is 0 Å². The average Bonchev–Trinajstić information content (AvgIpc) is 3.35. The molecule has 0 bridgehead atoms. The first kappa shape index (κ1) is 18.0. The van der Waals surface area contributed by atoms with Crippen LogP contribution in [0.15, 0.2) is 47.0 Å². The molecule has 0 saturated carbocycles. The van der Waals surface area contributed by atoms with Crippen molar-refractivity contribution in [1.29, 1.82) is 0 Å². The number of carbonyl (C=O) groups is 1. The number of hydrogen-bond acceptors (Lipinski definition) is 6. The summed E-state index contributed by atoms with van der Waals surface area (Å²) in [7, 11) is 3.16. The van der Waals surface area contributed by atoms with Gasteiger partial charge in [-0.2, -0.15) is 4.98 Å².